The zero-order valence-electron chi connectivity index (χ0n) is 10.3. The molecule has 3 nitrogen and oxygen atoms in total. The van der Waals surface area contributed by atoms with Gasteiger partial charge in [0.05, 0.1) is 16.5 Å². The summed E-state index contributed by atoms with van der Waals surface area (Å²) in [5, 5.41) is 3.23. The number of hydrogen-bond acceptors (Lipinski definition) is 4. The smallest absolute Gasteiger partial charge is 0.0931 e. The van der Waals surface area contributed by atoms with E-state index in [4.69, 9.17) is 16.3 Å². The Bertz CT molecular complexity index is 365. The summed E-state index contributed by atoms with van der Waals surface area (Å²) in [5.74, 6) is 0. The first kappa shape index (κ1) is 13.3. The number of ether oxygens (including phenoxy) is 1. The number of halogens is 1. The number of nitrogens with one attached hydrogen (secondary N) is 1. The Morgan fingerprint density at radius 3 is 2.82 bits per heavy atom. The normalized spacial score (nSPS) is 18.4. The van der Waals surface area contributed by atoms with E-state index in [0.29, 0.717) is 0 Å². The van der Waals surface area contributed by atoms with E-state index in [-0.39, 0.29) is 5.60 Å². The molecule has 0 aromatic carbocycles. The molecule has 0 radical (unpaired) electrons. The Balaban J connectivity index is 1.65. The maximum atomic E-state index is 5.90. The Kier molecular flexibility index (Phi) is 4.44. The molecular weight excluding hydrogens is 256 g/mol. The van der Waals surface area contributed by atoms with Gasteiger partial charge in [0.1, 0.15) is 0 Å². The van der Waals surface area contributed by atoms with Gasteiger partial charge >= 0.3 is 0 Å². The molecule has 0 unspecified atom stereocenters. The van der Waals surface area contributed by atoms with Gasteiger partial charge in [-0.25, -0.2) is 0 Å². The Hall–Kier alpha value is -0.130. The lowest BCUT2D eigenvalue weighted by atomic mass is 10.0. The molecule has 0 aliphatic carbocycles. The molecule has 1 N–H and O–H groups in total. The molecule has 2 rings (SSSR count). The largest absolute Gasteiger partial charge is 0.371 e. The average molecular weight is 275 g/mol. The first-order valence-electron chi connectivity index (χ1n) is 5.85. The molecule has 17 heavy (non-hydrogen) atoms. The van der Waals surface area contributed by atoms with Crippen molar-refractivity contribution in [1.29, 1.82) is 0 Å². The summed E-state index contributed by atoms with van der Waals surface area (Å²) in [6.07, 6.45) is 0. The second-order valence-corrected chi connectivity index (χ2v) is 6.65. The van der Waals surface area contributed by atoms with Gasteiger partial charge in [0.15, 0.2) is 0 Å². The zero-order valence-corrected chi connectivity index (χ0v) is 11.9. The minimum absolute atomic E-state index is 0.0626. The summed E-state index contributed by atoms with van der Waals surface area (Å²) < 4.78 is 6.71. The van der Waals surface area contributed by atoms with Crippen molar-refractivity contribution in [2.75, 3.05) is 33.3 Å². The van der Waals surface area contributed by atoms with Crippen LogP contribution in [0.1, 0.15) is 11.8 Å². The molecule has 0 saturated carbocycles. The van der Waals surface area contributed by atoms with E-state index in [2.05, 4.69) is 30.3 Å². The molecular formula is C12H19ClN2OS. The molecule has 0 atom stereocenters. The average Bonchev–Trinajstić information content (AvgIpc) is 2.61. The molecule has 1 fully saturated rings. The maximum absolute atomic E-state index is 5.90. The predicted octanol–water partition coefficient (Wildman–Crippen LogP) is 2.21. The second-order valence-electron chi connectivity index (χ2n) is 4.85. The van der Waals surface area contributed by atoms with Crippen molar-refractivity contribution >= 4 is 22.9 Å². The minimum atomic E-state index is 0.0626. The van der Waals surface area contributed by atoms with Gasteiger partial charge in [-0.05, 0) is 26.1 Å². The standard InChI is InChI=1S/C12H19ClN2OS/c1-12(8-14-9-12)16-6-5-15(2)7-10-3-4-11(13)17-10/h3-4,14H,5-9H2,1-2H3. The van der Waals surface area contributed by atoms with Crippen molar-refractivity contribution in [3.05, 3.63) is 21.3 Å². The van der Waals surface area contributed by atoms with Crippen LogP contribution in [0.5, 0.6) is 0 Å². The third kappa shape index (κ3) is 3.93. The number of hydrogen-bond donors (Lipinski definition) is 1. The van der Waals surface area contributed by atoms with E-state index in [1.165, 1.54) is 4.88 Å². The summed E-state index contributed by atoms with van der Waals surface area (Å²) in [6.45, 7) is 6.77. The summed E-state index contributed by atoms with van der Waals surface area (Å²) in [7, 11) is 2.11. The Morgan fingerprint density at radius 2 is 2.29 bits per heavy atom. The van der Waals surface area contributed by atoms with Crippen LogP contribution >= 0.6 is 22.9 Å². The van der Waals surface area contributed by atoms with E-state index in [0.717, 1.165) is 37.1 Å². The highest BCUT2D eigenvalue weighted by Gasteiger charge is 2.32. The Morgan fingerprint density at radius 1 is 1.53 bits per heavy atom. The van der Waals surface area contributed by atoms with Crippen LogP contribution in [0.25, 0.3) is 0 Å². The molecule has 2 heterocycles. The van der Waals surface area contributed by atoms with Gasteiger partial charge in [0.25, 0.3) is 0 Å². The summed E-state index contributed by atoms with van der Waals surface area (Å²) in [5.41, 5.74) is 0.0626. The summed E-state index contributed by atoms with van der Waals surface area (Å²) in [6, 6.07) is 4.04. The molecule has 96 valence electrons. The van der Waals surface area contributed by atoms with Crippen LogP contribution in [0, 0.1) is 0 Å². The van der Waals surface area contributed by atoms with Crippen LogP contribution < -0.4 is 5.32 Å². The van der Waals surface area contributed by atoms with Crippen molar-refractivity contribution in [3.63, 3.8) is 0 Å². The van der Waals surface area contributed by atoms with E-state index < -0.39 is 0 Å². The molecule has 1 aromatic rings. The van der Waals surface area contributed by atoms with Gasteiger partial charge in [0.2, 0.25) is 0 Å². The van der Waals surface area contributed by atoms with Gasteiger partial charge in [-0.2, -0.15) is 0 Å². The monoisotopic (exact) mass is 274 g/mol. The van der Waals surface area contributed by atoms with Crippen molar-refractivity contribution < 1.29 is 4.74 Å². The van der Waals surface area contributed by atoms with Crippen molar-refractivity contribution in [2.24, 2.45) is 0 Å². The van der Waals surface area contributed by atoms with E-state index in [9.17, 15) is 0 Å². The van der Waals surface area contributed by atoms with Gasteiger partial charge in [-0.15, -0.1) is 11.3 Å². The number of rotatable bonds is 6. The molecule has 0 spiro atoms. The number of thiophene rings is 1. The summed E-state index contributed by atoms with van der Waals surface area (Å²) in [4.78, 5) is 3.56. The molecule has 1 aliphatic heterocycles. The minimum Gasteiger partial charge on any atom is -0.371 e. The molecule has 0 amide bonds. The van der Waals surface area contributed by atoms with Crippen molar-refractivity contribution in [2.45, 2.75) is 19.1 Å². The topological polar surface area (TPSA) is 24.5 Å². The summed E-state index contributed by atoms with van der Waals surface area (Å²) >= 11 is 7.55. The molecule has 0 bridgehead atoms. The second kappa shape index (κ2) is 5.67. The van der Waals surface area contributed by atoms with Gasteiger partial charge in [-0.3, -0.25) is 4.90 Å². The molecule has 1 saturated heterocycles. The fourth-order valence-corrected chi connectivity index (χ4v) is 2.98. The molecule has 5 heteroatoms. The molecule has 1 aliphatic rings. The van der Waals surface area contributed by atoms with E-state index >= 15 is 0 Å². The van der Waals surface area contributed by atoms with Crippen molar-refractivity contribution in [1.82, 2.24) is 10.2 Å². The third-order valence-electron chi connectivity index (χ3n) is 2.98. The fraction of sp³-hybridized carbons (Fsp3) is 0.667. The fourth-order valence-electron chi connectivity index (χ4n) is 1.81. The van der Waals surface area contributed by atoms with Crippen LogP contribution in [0.2, 0.25) is 4.34 Å². The van der Waals surface area contributed by atoms with E-state index in [1.807, 2.05) is 6.07 Å². The maximum Gasteiger partial charge on any atom is 0.0931 e. The highest BCUT2D eigenvalue weighted by Crippen LogP contribution is 2.22. The number of likely N-dealkylation sites (N-methyl/N-ethyl adjacent to an activating group) is 1. The highest BCUT2D eigenvalue weighted by molar-refractivity contribution is 7.16. The first-order valence-corrected chi connectivity index (χ1v) is 7.04. The van der Waals surface area contributed by atoms with Gasteiger partial charge in [-0.1, -0.05) is 11.6 Å². The van der Waals surface area contributed by atoms with Crippen LogP contribution in [0.15, 0.2) is 12.1 Å². The van der Waals surface area contributed by atoms with Crippen molar-refractivity contribution in [3.8, 4) is 0 Å². The van der Waals surface area contributed by atoms with Crippen LogP contribution in [0.3, 0.4) is 0 Å². The van der Waals surface area contributed by atoms with Gasteiger partial charge in [0, 0.05) is 31.1 Å². The van der Waals surface area contributed by atoms with Crippen LogP contribution in [0.4, 0.5) is 0 Å². The quantitative estimate of drug-likeness (QED) is 0.861. The Labute approximate surface area is 112 Å². The molecule has 1 aromatic heterocycles. The van der Waals surface area contributed by atoms with Gasteiger partial charge < -0.3 is 10.1 Å². The van der Waals surface area contributed by atoms with Crippen LogP contribution in [-0.2, 0) is 11.3 Å². The first-order chi connectivity index (χ1) is 8.07. The lowest BCUT2D eigenvalue weighted by Crippen LogP contribution is -2.59. The SMILES string of the molecule is CN(CCOC1(C)CNC1)Cc1ccc(Cl)s1. The zero-order chi connectivity index (χ0) is 12.3. The number of nitrogens with zero attached hydrogens (tertiary/aromatic N) is 1. The van der Waals surface area contributed by atoms with Crippen LogP contribution in [-0.4, -0.2) is 43.8 Å². The third-order valence-corrected chi connectivity index (χ3v) is 4.19. The lowest BCUT2D eigenvalue weighted by Gasteiger charge is -2.39. The predicted molar refractivity (Wildman–Crippen MR) is 72.9 cm³/mol. The highest BCUT2D eigenvalue weighted by atomic mass is 35.5. The van der Waals surface area contributed by atoms with E-state index in [1.54, 1.807) is 11.3 Å². The lowest BCUT2D eigenvalue weighted by molar-refractivity contribution is -0.0712.